The van der Waals surface area contributed by atoms with Crippen molar-refractivity contribution in [3.63, 3.8) is 0 Å². The molecule has 1 fully saturated rings. The highest BCUT2D eigenvalue weighted by Gasteiger charge is 2.30. The summed E-state index contributed by atoms with van der Waals surface area (Å²) >= 11 is 0. The minimum atomic E-state index is -0.496. The van der Waals surface area contributed by atoms with Gasteiger partial charge in [0.1, 0.15) is 12.1 Å². The number of ether oxygens (including phenoxy) is 1. The van der Waals surface area contributed by atoms with Crippen molar-refractivity contribution in [3.8, 4) is 0 Å². The number of amides is 2. The first-order valence-corrected chi connectivity index (χ1v) is 8.85. The van der Waals surface area contributed by atoms with Gasteiger partial charge in [-0.15, -0.1) is 0 Å². The van der Waals surface area contributed by atoms with E-state index in [0.29, 0.717) is 19.0 Å². The molecule has 1 heterocycles. The smallest absolute Gasteiger partial charge is 0.410 e. The molecule has 1 atom stereocenters. The Balaban J connectivity index is 2.59. The van der Waals surface area contributed by atoms with Crippen molar-refractivity contribution in [1.82, 2.24) is 20.4 Å². The van der Waals surface area contributed by atoms with Crippen LogP contribution in [0, 0.1) is 0 Å². The van der Waals surface area contributed by atoms with Gasteiger partial charge < -0.3 is 25.2 Å². The molecule has 25 heavy (non-hydrogen) atoms. The third-order valence-electron chi connectivity index (χ3n) is 3.59. The van der Waals surface area contributed by atoms with E-state index in [0.717, 1.165) is 19.4 Å². The number of nitrogens with zero attached hydrogens (tertiary/aromatic N) is 3. The number of carbonyl (C=O) groups is 2. The predicted octanol–water partition coefficient (Wildman–Crippen LogP) is 1.03. The van der Waals surface area contributed by atoms with Crippen molar-refractivity contribution in [2.75, 3.05) is 40.3 Å². The number of rotatable bonds is 5. The van der Waals surface area contributed by atoms with Crippen LogP contribution in [0.15, 0.2) is 4.99 Å². The lowest BCUT2D eigenvalue weighted by Gasteiger charge is -2.24. The first-order valence-electron chi connectivity index (χ1n) is 8.85. The van der Waals surface area contributed by atoms with Crippen molar-refractivity contribution in [2.24, 2.45) is 4.99 Å². The summed E-state index contributed by atoms with van der Waals surface area (Å²) in [6, 6.07) is 0.0880. The van der Waals surface area contributed by atoms with Gasteiger partial charge in [-0.2, -0.15) is 0 Å². The SMILES string of the molecule is CCCNC(=NCC(=O)N(C)C)NC1CCN(C(=O)OC(C)(C)C)C1. The third-order valence-corrected chi connectivity index (χ3v) is 3.59. The number of nitrogens with one attached hydrogen (secondary N) is 2. The van der Waals surface area contributed by atoms with Gasteiger partial charge in [0.15, 0.2) is 5.96 Å². The van der Waals surface area contributed by atoms with Crippen LogP contribution in [0.3, 0.4) is 0 Å². The number of likely N-dealkylation sites (tertiary alicyclic amines) is 1. The zero-order valence-electron chi connectivity index (χ0n) is 16.4. The molecular weight excluding hydrogens is 322 g/mol. The molecule has 1 rings (SSSR count). The highest BCUT2D eigenvalue weighted by atomic mass is 16.6. The van der Waals surface area contributed by atoms with E-state index >= 15 is 0 Å². The minimum absolute atomic E-state index is 0.0561. The van der Waals surface area contributed by atoms with Crippen LogP contribution >= 0.6 is 0 Å². The van der Waals surface area contributed by atoms with Crippen LogP contribution in [0.1, 0.15) is 40.5 Å². The highest BCUT2D eigenvalue weighted by molar-refractivity contribution is 5.85. The average molecular weight is 355 g/mol. The van der Waals surface area contributed by atoms with Gasteiger partial charge in [-0.25, -0.2) is 9.79 Å². The van der Waals surface area contributed by atoms with Crippen molar-refractivity contribution in [3.05, 3.63) is 0 Å². The Labute approximate surface area is 151 Å². The number of hydrogen-bond acceptors (Lipinski definition) is 4. The Kier molecular flexibility index (Phi) is 7.99. The van der Waals surface area contributed by atoms with E-state index in [-0.39, 0.29) is 24.6 Å². The molecule has 0 saturated carbocycles. The first kappa shape index (κ1) is 21.1. The van der Waals surface area contributed by atoms with E-state index in [4.69, 9.17) is 4.74 Å². The molecule has 0 radical (unpaired) electrons. The molecule has 0 aliphatic carbocycles. The molecule has 144 valence electrons. The summed E-state index contributed by atoms with van der Waals surface area (Å²) in [6.45, 7) is 9.70. The second-order valence-electron chi connectivity index (χ2n) is 7.44. The zero-order chi connectivity index (χ0) is 19.0. The fourth-order valence-electron chi connectivity index (χ4n) is 2.25. The molecule has 1 unspecified atom stereocenters. The number of carbonyl (C=O) groups excluding carboxylic acids is 2. The van der Waals surface area contributed by atoms with Gasteiger partial charge in [0.2, 0.25) is 5.91 Å². The molecule has 1 aliphatic rings. The summed E-state index contributed by atoms with van der Waals surface area (Å²) in [5, 5.41) is 6.52. The van der Waals surface area contributed by atoms with Crippen molar-refractivity contribution < 1.29 is 14.3 Å². The molecule has 0 aromatic carbocycles. The topological polar surface area (TPSA) is 86.3 Å². The minimum Gasteiger partial charge on any atom is -0.444 e. The van der Waals surface area contributed by atoms with E-state index in [1.54, 1.807) is 19.0 Å². The average Bonchev–Trinajstić information content (AvgIpc) is 2.96. The summed E-state index contributed by atoms with van der Waals surface area (Å²) in [4.78, 5) is 31.4. The number of likely N-dealkylation sites (N-methyl/N-ethyl adjacent to an activating group) is 1. The van der Waals surface area contributed by atoms with Gasteiger partial charge in [-0.05, 0) is 33.6 Å². The van der Waals surface area contributed by atoms with E-state index < -0.39 is 5.60 Å². The lowest BCUT2D eigenvalue weighted by molar-refractivity contribution is -0.127. The number of aliphatic imine (C=N–C) groups is 1. The van der Waals surface area contributed by atoms with Gasteiger partial charge in [0, 0.05) is 39.8 Å². The van der Waals surface area contributed by atoms with Gasteiger partial charge in [0.05, 0.1) is 0 Å². The summed E-state index contributed by atoms with van der Waals surface area (Å²) in [7, 11) is 3.42. The van der Waals surface area contributed by atoms with Gasteiger partial charge >= 0.3 is 6.09 Å². The first-order chi connectivity index (χ1) is 11.6. The Morgan fingerprint density at radius 3 is 2.56 bits per heavy atom. The van der Waals surface area contributed by atoms with Crippen molar-refractivity contribution in [1.29, 1.82) is 0 Å². The molecule has 2 amide bonds. The fourth-order valence-corrected chi connectivity index (χ4v) is 2.25. The molecule has 1 saturated heterocycles. The van der Waals surface area contributed by atoms with E-state index in [2.05, 4.69) is 22.5 Å². The third kappa shape index (κ3) is 8.09. The molecule has 0 bridgehead atoms. The molecule has 0 spiro atoms. The van der Waals surface area contributed by atoms with Crippen LogP contribution in [-0.2, 0) is 9.53 Å². The maximum Gasteiger partial charge on any atom is 0.410 e. The van der Waals surface area contributed by atoms with Gasteiger partial charge in [0.25, 0.3) is 0 Å². The predicted molar refractivity (Wildman–Crippen MR) is 98.6 cm³/mol. The second-order valence-corrected chi connectivity index (χ2v) is 7.44. The molecule has 1 aliphatic heterocycles. The van der Waals surface area contributed by atoms with Crippen LogP contribution < -0.4 is 10.6 Å². The number of guanidine groups is 1. The van der Waals surface area contributed by atoms with E-state index in [9.17, 15) is 9.59 Å². The monoisotopic (exact) mass is 355 g/mol. The number of hydrogen-bond donors (Lipinski definition) is 2. The van der Waals surface area contributed by atoms with Gasteiger partial charge in [-0.3, -0.25) is 4.79 Å². The Morgan fingerprint density at radius 1 is 1.32 bits per heavy atom. The maximum atomic E-state index is 12.1. The Bertz CT molecular complexity index is 485. The second kappa shape index (κ2) is 9.48. The van der Waals surface area contributed by atoms with Gasteiger partial charge in [-0.1, -0.05) is 6.92 Å². The Morgan fingerprint density at radius 2 is 2.00 bits per heavy atom. The fraction of sp³-hybridized carbons (Fsp3) is 0.824. The van der Waals surface area contributed by atoms with Crippen molar-refractivity contribution in [2.45, 2.75) is 52.2 Å². The molecule has 8 nitrogen and oxygen atoms in total. The van der Waals surface area contributed by atoms with Crippen LogP contribution in [0.2, 0.25) is 0 Å². The molecule has 2 N–H and O–H groups in total. The molecule has 0 aromatic heterocycles. The quantitative estimate of drug-likeness (QED) is 0.568. The largest absolute Gasteiger partial charge is 0.444 e. The zero-order valence-corrected chi connectivity index (χ0v) is 16.4. The van der Waals surface area contributed by atoms with E-state index in [1.807, 2.05) is 20.8 Å². The summed E-state index contributed by atoms with van der Waals surface area (Å²) < 4.78 is 5.41. The Hall–Kier alpha value is -1.99. The normalized spacial score (nSPS) is 18.1. The molecule has 0 aromatic rings. The van der Waals surface area contributed by atoms with Crippen LogP contribution in [0.5, 0.6) is 0 Å². The standard InChI is InChI=1S/C17H33N5O3/c1-7-9-18-15(19-11-14(23)21(5)6)20-13-8-10-22(12-13)16(24)25-17(2,3)4/h13H,7-12H2,1-6H3,(H2,18,19,20). The summed E-state index contributed by atoms with van der Waals surface area (Å²) in [6.07, 6.45) is 1.48. The molecule has 8 heteroatoms. The summed E-state index contributed by atoms with van der Waals surface area (Å²) in [5.74, 6) is 0.549. The van der Waals surface area contributed by atoms with Crippen LogP contribution in [0.4, 0.5) is 4.79 Å². The molecular formula is C17H33N5O3. The van der Waals surface area contributed by atoms with E-state index in [1.165, 1.54) is 4.90 Å². The maximum absolute atomic E-state index is 12.1. The lowest BCUT2D eigenvalue weighted by atomic mass is 10.2. The van der Waals surface area contributed by atoms with Crippen LogP contribution in [-0.4, -0.2) is 79.7 Å². The highest BCUT2D eigenvalue weighted by Crippen LogP contribution is 2.15. The lowest BCUT2D eigenvalue weighted by Crippen LogP contribution is -2.46. The van der Waals surface area contributed by atoms with Crippen LogP contribution in [0.25, 0.3) is 0 Å². The van der Waals surface area contributed by atoms with Crippen molar-refractivity contribution >= 4 is 18.0 Å². The summed E-state index contributed by atoms with van der Waals surface area (Å²) in [5.41, 5.74) is -0.496.